The number of nitrogens with zero attached hydrogens (tertiary/aromatic N) is 7. The number of aromatic hydroxyl groups is 1. The van der Waals surface area contributed by atoms with Crippen molar-refractivity contribution in [3.8, 4) is 22.8 Å². The van der Waals surface area contributed by atoms with Gasteiger partial charge in [-0.25, -0.2) is 9.97 Å². The van der Waals surface area contributed by atoms with Crippen molar-refractivity contribution in [3.63, 3.8) is 0 Å². The third-order valence-electron chi connectivity index (χ3n) is 15.4. The minimum atomic E-state index is -0.330. The molecule has 4 aromatic rings. The van der Waals surface area contributed by atoms with Crippen molar-refractivity contribution in [2.75, 3.05) is 54.9 Å². The second-order valence-corrected chi connectivity index (χ2v) is 18.6. The number of aromatic nitrogens is 4. The van der Waals surface area contributed by atoms with Gasteiger partial charge in [-0.15, -0.1) is 10.2 Å². The Morgan fingerprint density at radius 1 is 0.833 bits per heavy atom. The van der Waals surface area contributed by atoms with E-state index in [4.69, 9.17) is 20.4 Å². The number of imide groups is 1. The van der Waals surface area contributed by atoms with E-state index in [2.05, 4.69) is 54.5 Å². The summed E-state index contributed by atoms with van der Waals surface area (Å²) < 4.78 is 6.32. The first-order chi connectivity index (χ1) is 29.4. The molecule has 6 atom stereocenters. The van der Waals surface area contributed by atoms with Gasteiger partial charge in [0.2, 0.25) is 11.8 Å². The van der Waals surface area contributed by atoms with Gasteiger partial charge < -0.3 is 30.3 Å². The zero-order valence-electron chi connectivity index (χ0n) is 34.2. The minimum absolute atomic E-state index is 0.181. The third-order valence-corrected chi connectivity index (χ3v) is 15.4. The number of para-hydroxylation sites is 2. The molecule has 2 amide bonds. The number of piperidine rings is 2. The molecule has 0 radical (unpaired) electrons. The van der Waals surface area contributed by atoms with Gasteiger partial charge in [0.25, 0.3) is 0 Å². The topological polar surface area (TPSA) is 163 Å². The number of nitrogens with one attached hydrogen (secondary N) is 1. The lowest BCUT2D eigenvalue weighted by molar-refractivity contribution is -0.134. The quantitative estimate of drug-likeness (QED) is 0.187. The maximum Gasteiger partial charge on any atom is 0.249 e. The Labute approximate surface area is 351 Å². The van der Waals surface area contributed by atoms with Crippen molar-refractivity contribution < 1.29 is 19.4 Å². The van der Waals surface area contributed by atoms with Crippen molar-refractivity contribution in [3.05, 3.63) is 77.9 Å². The van der Waals surface area contributed by atoms with Gasteiger partial charge in [0, 0.05) is 54.8 Å². The van der Waals surface area contributed by atoms with E-state index in [1.807, 2.05) is 30.5 Å². The van der Waals surface area contributed by atoms with Crippen LogP contribution in [-0.2, 0) is 9.59 Å². The van der Waals surface area contributed by atoms with Crippen molar-refractivity contribution in [2.24, 2.45) is 23.7 Å². The predicted octanol–water partition coefficient (Wildman–Crippen LogP) is 6.01. The van der Waals surface area contributed by atoms with Crippen molar-refractivity contribution in [2.45, 2.75) is 94.0 Å². The molecule has 6 fully saturated rings. The summed E-state index contributed by atoms with van der Waals surface area (Å²) in [4.78, 5) is 42.3. The number of fused-ring (bicyclic) bond motifs is 3. The molecule has 4 N–H and O–H groups in total. The van der Waals surface area contributed by atoms with Crippen LogP contribution in [0.4, 0.5) is 17.2 Å². The van der Waals surface area contributed by atoms with E-state index in [9.17, 15) is 14.7 Å². The number of phenols is 1. The summed E-state index contributed by atoms with van der Waals surface area (Å²) in [6.07, 6.45) is 12.2. The normalized spacial score (nSPS) is 30.5. The molecule has 2 aromatic heterocycles. The van der Waals surface area contributed by atoms with Crippen LogP contribution >= 0.6 is 0 Å². The van der Waals surface area contributed by atoms with Gasteiger partial charge >= 0.3 is 0 Å². The highest BCUT2D eigenvalue weighted by Crippen LogP contribution is 2.64. The van der Waals surface area contributed by atoms with E-state index in [0.717, 1.165) is 81.2 Å². The molecule has 2 aromatic carbocycles. The van der Waals surface area contributed by atoms with Crippen LogP contribution in [0.3, 0.4) is 0 Å². The van der Waals surface area contributed by atoms with Crippen LogP contribution < -0.4 is 25.6 Å². The highest BCUT2D eigenvalue weighted by molar-refractivity contribution is 6.02. The number of likely N-dealkylation sites (tertiary alicyclic amines) is 1. The van der Waals surface area contributed by atoms with Gasteiger partial charge in [-0.05, 0) is 136 Å². The highest BCUT2D eigenvalue weighted by Gasteiger charge is 2.60. The van der Waals surface area contributed by atoms with Gasteiger partial charge in [0.1, 0.15) is 30.0 Å². The Morgan fingerprint density at radius 3 is 2.52 bits per heavy atom. The smallest absolute Gasteiger partial charge is 0.249 e. The SMILES string of the molecule is Nc1nnc(-c2ccccc2O)cc1N1C[C@@H]2CC(c3nccc(C4CCN(C5CCC(c6cccc7c6OCCN7C6CCC(=O)NC6=O)CC5)CC4)n3)C3C(C2)[C@H]3C1. The fraction of sp³-hybridized carbons (Fsp3) is 0.532. The molecule has 4 aliphatic heterocycles. The largest absolute Gasteiger partial charge is 0.507 e. The molecule has 60 heavy (non-hydrogen) atoms. The minimum Gasteiger partial charge on any atom is -0.507 e. The van der Waals surface area contributed by atoms with Crippen molar-refractivity contribution in [1.29, 1.82) is 0 Å². The first-order valence-electron chi connectivity index (χ1n) is 22.5. The lowest BCUT2D eigenvalue weighted by Crippen LogP contribution is -2.54. The van der Waals surface area contributed by atoms with E-state index in [0.29, 0.717) is 90.5 Å². The second-order valence-electron chi connectivity index (χ2n) is 18.6. The van der Waals surface area contributed by atoms with E-state index < -0.39 is 0 Å². The monoisotopic (exact) mass is 809 g/mol. The van der Waals surface area contributed by atoms with Crippen LogP contribution in [-0.4, -0.2) is 93.4 Å². The Balaban J connectivity index is 0.706. The molecular weight excluding hydrogens is 755 g/mol. The molecule has 0 spiro atoms. The van der Waals surface area contributed by atoms with Gasteiger partial charge in [-0.3, -0.25) is 14.9 Å². The number of anilines is 3. The van der Waals surface area contributed by atoms with Gasteiger partial charge in [0.05, 0.1) is 23.6 Å². The van der Waals surface area contributed by atoms with Gasteiger partial charge in [-0.2, -0.15) is 0 Å². The van der Waals surface area contributed by atoms with Gasteiger partial charge in [0.15, 0.2) is 5.82 Å². The number of amides is 2. The molecule has 7 aliphatic rings. The van der Waals surface area contributed by atoms with E-state index >= 15 is 0 Å². The maximum atomic E-state index is 12.8. The molecule has 13 nitrogen and oxygen atoms in total. The van der Waals surface area contributed by atoms with Crippen LogP contribution in [0.2, 0.25) is 0 Å². The van der Waals surface area contributed by atoms with Crippen LogP contribution in [0.15, 0.2) is 60.8 Å². The zero-order valence-corrected chi connectivity index (χ0v) is 34.2. The lowest BCUT2D eigenvalue weighted by atomic mass is 9.79. The van der Waals surface area contributed by atoms with E-state index in [1.54, 1.807) is 6.07 Å². The van der Waals surface area contributed by atoms with Gasteiger partial charge in [-0.1, -0.05) is 24.3 Å². The number of hydrogen-bond donors (Lipinski definition) is 3. The Hall–Kier alpha value is -5.30. The van der Waals surface area contributed by atoms with Crippen LogP contribution in [0.1, 0.15) is 99.0 Å². The number of hydrogen-bond acceptors (Lipinski definition) is 12. The molecule has 3 saturated heterocycles. The summed E-state index contributed by atoms with van der Waals surface area (Å²) in [5.41, 5.74) is 12.2. The molecule has 4 unspecified atom stereocenters. The summed E-state index contributed by atoms with van der Waals surface area (Å²) in [6, 6.07) is 18.1. The highest BCUT2D eigenvalue weighted by atomic mass is 16.5. The standard InChI is InChI=1S/C47H55N9O4/c48-45-40(24-37(52-53-45)32-4-1-2-7-41(32)57)55-25-27-22-33-35(26-55)43(33)34(23-27)46-49-17-14-36(50-46)29-15-18-54(19-16-29)30-10-8-28(9-11-30)31-5-3-6-38-44(31)60-21-20-56(38)39-12-13-42(58)51-47(39)59/h1-7,14,17,24,27-30,33-35,39,43,57H,8-13,15-16,18-23,25-26H2,(H2,48,53)(H,51,58,59)/t27-,28?,30?,33?,34?,35+,39?,43?/m0/s1. The summed E-state index contributed by atoms with van der Waals surface area (Å²) in [5.74, 6) is 5.98. The van der Waals surface area contributed by atoms with Crippen LogP contribution in [0.5, 0.6) is 11.5 Å². The van der Waals surface area contributed by atoms with E-state index in [1.165, 1.54) is 30.5 Å². The number of rotatable bonds is 7. The number of ether oxygens (including phenoxy) is 1. The Bertz CT molecular complexity index is 2290. The number of carbonyl (C=O) groups excluding carboxylic acids is 2. The first-order valence-corrected chi connectivity index (χ1v) is 22.5. The number of nitrogen functional groups attached to an aromatic ring is 1. The first kappa shape index (κ1) is 37.7. The lowest BCUT2D eigenvalue weighted by Gasteiger charge is -2.42. The number of carbonyl (C=O) groups is 2. The number of phenolic OH excluding ortho intramolecular Hbond substituents is 1. The third kappa shape index (κ3) is 6.82. The molecule has 3 saturated carbocycles. The van der Waals surface area contributed by atoms with E-state index in [-0.39, 0.29) is 23.6 Å². The summed E-state index contributed by atoms with van der Waals surface area (Å²) >= 11 is 0. The zero-order chi connectivity index (χ0) is 40.5. The summed E-state index contributed by atoms with van der Waals surface area (Å²) in [7, 11) is 0. The summed E-state index contributed by atoms with van der Waals surface area (Å²) in [5, 5.41) is 21.7. The van der Waals surface area contributed by atoms with Crippen LogP contribution in [0, 0.1) is 23.7 Å². The fourth-order valence-electron chi connectivity index (χ4n) is 12.4. The molecule has 6 heterocycles. The summed E-state index contributed by atoms with van der Waals surface area (Å²) in [6.45, 7) is 5.29. The molecule has 2 bridgehead atoms. The molecular formula is C47H55N9O4. The average Bonchev–Trinajstić information content (AvgIpc) is 4.00. The van der Waals surface area contributed by atoms with Crippen molar-refractivity contribution in [1.82, 2.24) is 30.4 Å². The van der Waals surface area contributed by atoms with Crippen molar-refractivity contribution >= 4 is 29.0 Å². The second kappa shape index (κ2) is 15.3. The Morgan fingerprint density at radius 2 is 1.68 bits per heavy atom. The maximum absolute atomic E-state index is 12.8. The molecule has 312 valence electrons. The predicted molar refractivity (Wildman–Crippen MR) is 228 cm³/mol. The number of benzene rings is 2. The molecule has 3 aliphatic carbocycles. The molecule has 13 heteroatoms. The van der Waals surface area contributed by atoms with Crippen LogP contribution in [0.25, 0.3) is 11.3 Å². The molecule has 11 rings (SSSR count). The fourth-order valence-corrected chi connectivity index (χ4v) is 12.4. The number of nitrogens with two attached hydrogens (primary N) is 1. The Kier molecular flexibility index (Phi) is 9.61. The average molecular weight is 810 g/mol.